The number of hydrazine groups is 1. The zero-order valence-corrected chi connectivity index (χ0v) is 20.7. The lowest BCUT2D eigenvalue weighted by atomic mass is 9.95. The zero-order chi connectivity index (χ0) is 25.7. The maximum atomic E-state index is 13.6. The van der Waals surface area contributed by atoms with Crippen LogP contribution in [0, 0.1) is 23.0 Å². The van der Waals surface area contributed by atoms with E-state index in [1.54, 1.807) is 35.8 Å². The molecule has 2 aromatic carbocycles. The van der Waals surface area contributed by atoms with E-state index in [0.717, 1.165) is 40.4 Å². The Hall–Kier alpha value is -3.72. The highest BCUT2D eigenvalue weighted by molar-refractivity contribution is 7.16. The normalized spacial score (nSPS) is 15.9. The molecule has 3 N–H and O–H groups in total. The number of nitrogens with two attached hydrogens (primary N) is 1. The second-order valence-electron chi connectivity index (χ2n) is 8.29. The SMILES string of the molecule is CC#N.CC1CN(C(c2ccc(F)cc2)c2ccc(F)cc2)CCN1c1nc(NN)nc2scnc12. The van der Waals surface area contributed by atoms with Crippen molar-refractivity contribution in [2.45, 2.75) is 25.9 Å². The van der Waals surface area contributed by atoms with Gasteiger partial charge >= 0.3 is 0 Å². The Morgan fingerprint density at radius 2 is 1.64 bits per heavy atom. The molecule has 1 aliphatic heterocycles. The van der Waals surface area contributed by atoms with Crippen molar-refractivity contribution in [1.29, 1.82) is 5.26 Å². The van der Waals surface area contributed by atoms with Gasteiger partial charge in [-0.25, -0.2) is 19.6 Å². The summed E-state index contributed by atoms with van der Waals surface area (Å²) in [5.41, 5.74) is 6.97. The van der Waals surface area contributed by atoms with E-state index < -0.39 is 0 Å². The summed E-state index contributed by atoms with van der Waals surface area (Å²) < 4.78 is 27.2. The van der Waals surface area contributed by atoms with E-state index in [1.807, 2.05) is 0 Å². The summed E-state index contributed by atoms with van der Waals surface area (Å²) in [5.74, 6) is 6.12. The first kappa shape index (κ1) is 25.4. The van der Waals surface area contributed by atoms with E-state index >= 15 is 0 Å². The molecular weight excluding hydrogens is 482 g/mol. The number of rotatable bonds is 5. The predicted octanol–water partition coefficient (Wildman–Crippen LogP) is 4.48. The lowest BCUT2D eigenvalue weighted by Gasteiger charge is -2.44. The second-order valence-corrected chi connectivity index (χ2v) is 9.12. The van der Waals surface area contributed by atoms with Crippen LogP contribution in [0.1, 0.15) is 31.0 Å². The maximum Gasteiger partial charge on any atom is 0.240 e. The number of aromatic nitrogens is 3. The fourth-order valence-electron chi connectivity index (χ4n) is 4.45. The Labute approximate surface area is 212 Å². The molecule has 2 aromatic heterocycles. The zero-order valence-electron chi connectivity index (χ0n) is 19.9. The van der Waals surface area contributed by atoms with Crippen molar-refractivity contribution in [3.63, 3.8) is 0 Å². The van der Waals surface area contributed by atoms with Crippen molar-refractivity contribution < 1.29 is 8.78 Å². The number of benzene rings is 2. The molecule has 0 amide bonds. The highest BCUT2D eigenvalue weighted by Gasteiger charge is 2.32. The summed E-state index contributed by atoms with van der Waals surface area (Å²) in [6.07, 6.45) is 0. The standard InChI is InChI=1S/C23H23F2N7S.C2H3N/c1-14-12-31(10-11-32(14)21-19-22(33-13-27-19)29-23(28-21)30-26)20(15-2-6-17(24)7-3-15)16-4-8-18(25)9-5-16;1-2-3/h2-9,13-14,20H,10-12,26H2,1H3,(H,28,29,30);1H3. The summed E-state index contributed by atoms with van der Waals surface area (Å²) in [7, 11) is 0. The Bertz CT molecular complexity index is 1290. The molecular formula is C25H26F2N8S. The van der Waals surface area contributed by atoms with Crippen LogP contribution >= 0.6 is 11.3 Å². The monoisotopic (exact) mass is 508 g/mol. The molecule has 1 aliphatic rings. The maximum absolute atomic E-state index is 13.6. The van der Waals surface area contributed by atoms with Crippen LogP contribution in [-0.2, 0) is 0 Å². The Morgan fingerprint density at radius 3 is 2.17 bits per heavy atom. The molecule has 4 aromatic rings. The van der Waals surface area contributed by atoms with Crippen molar-refractivity contribution in [3.05, 3.63) is 76.8 Å². The van der Waals surface area contributed by atoms with Gasteiger partial charge in [0.25, 0.3) is 0 Å². The Balaban J connectivity index is 0.000000967. The lowest BCUT2D eigenvalue weighted by molar-refractivity contribution is 0.187. The van der Waals surface area contributed by atoms with Crippen LogP contribution in [-0.4, -0.2) is 45.5 Å². The van der Waals surface area contributed by atoms with Crippen LogP contribution in [0.15, 0.2) is 54.0 Å². The molecule has 1 atom stereocenters. The lowest BCUT2D eigenvalue weighted by Crippen LogP contribution is -2.53. The van der Waals surface area contributed by atoms with Gasteiger partial charge in [0, 0.05) is 32.6 Å². The van der Waals surface area contributed by atoms with Gasteiger partial charge in [0.1, 0.15) is 17.2 Å². The van der Waals surface area contributed by atoms with Gasteiger partial charge in [-0.15, -0.1) is 11.3 Å². The van der Waals surface area contributed by atoms with Crippen LogP contribution < -0.4 is 16.2 Å². The fourth-order valence-corrected chi connectivity index (χ4v) is 5.10. The van der Waals surface area contributed by atoms with E-state index in [2.05, 4.69) is 37.1 Å². The molecule has 1 saturated heterocycles. The number of nitrogen functional groups attached to an aromatic ring is 1. The number of nitrogens with one attached hydrogen (secondary N) is 1. The van der Waals surface area contributed by atoms with Gasteiger partial charge in [-0.2, -0.15) is 15.2 Å². The van der Waals surface area contributed by atoms with Crippen LogP contribution in [0.25, 0.3) is 10.3 Å². The molecule has 0 saturated carbocycles. The summed E-state index contributed by atoms with van der Waals surface area (Å²) in [4.78, 5) is 18.8. The van der Waals surface area contributed by atoms with E-state index in [1.165, 1.54) is 42.5 Å². The molecule has 1 fully saturated rings. The number of hydrogen-bond acceptors (Lipinski definition) is 9. The second kappa shape index (κ2) is 11.3. The third kappa shape index (κ3) is 5.41. The minimum absolute atomic E-state index is 0.104. The molecule has 0 radical (unpaired) electrons. The molecule has 8 nitrogen and oxygen atoms in total. The van der Waals surface area contributed by atoms with Crippen molar-refractivity contribution in [2.75, 3.05) is 30.0 Å². The number of fused-ring (bicyclic) bond motifs is 1. The summed E-state index contributed by atoms with van der Waals surface area (Å²) in [6.45, 7) is 5.72. The van der Waals surface area contributed by atoms with Crippen molar-refractivity contribution in [1.82, 2.24) is 19.9 Å². The van der Waals surface area contributed by atoms with Crippen LogP contribution in [0.3, 0.4) is 0 Å². The van der Waals surface area contributed by atoms with E-state index in [9.17, 15) is 8.78 Å². The number of halogens is 2. The predicted molar refractivity (Wildman–Crippen MR) is 137 cm³/mol. The van der Waals surface area contributed by atoms with Gasteiger partial charge in [-0.1, -0.05) is 24.3 Å². The fraction of sp³-hybridized carbons (Fsp3) is 0.280. The first-order valence-corrected chi connectivity index (χ1v) is 12.2. The molecule has 186 valence electrons. The first-order chi connectivity index (χ1) is 17.4. The third-order valence-electron chi connectivity index (χ3n) is 5.98. The van der Waals surface area contributed by atoms with Gasteiger partial charge in [0.05, 0.1) is 17.6 Å². The van der Waals surface area contributed by atoms with Gasteiger partial charge in [-0.3, -0.25) is 10.3 Å². The molecule has 0 aliphatic carbocycles. The van der Waals surface area contributed by atoms with Crippen LogP contribution in [0.5, 0.6) is 0 Å². The van der Waals surface area contributed by atoms with Crippen LogP contribution in [0.2, 0.25) is 0 Å². The van der Waals surface area contributed by atoms with E-state index in [0.29, 0.717) is 12.5 Å². The number of hydrogen-bond donors (Lipinski definition) is 2. The largest absolute Gasteiger partial charge is 0.349 e. The van der Waals surface area contributed by atoms with E-state index in [-0.39, 0.29) is 23.7 Å². The summed E-state index contributed by atoms with van der Waals surface area (Å²) in [5, 5.41) is 7.32. The van der Waals surface area contributed by atoms with Crippen LogP contribution in [0.4, 0.5) is 20.5 Å². The van der Waals surface area contributed by atoms with Crippen molar-refractivity contribution >= 4 is 33.5 Å². The number of anilines is 2. The molecule has 1 unspecified atom stereocenters. The third-order valence-corrected chi connectivity index (χ3v) is 6.70. The van der Waals surface area contributed by atoms with Crippen molar-refractivity contribution in [3.8, 4) is 6.07 Å². The molecule has 0 bridgehead atoms. The number of nitriles is 1. The quantitative estimate of drug-likeness (QED) is 0.300. The molecule has 36 heavy (non-hydrogen) atoms. The number of nitrogens with zero attached hydrogens (tertiary/aromatic N) is 6. The van der Waals surface area contributed by atoms with Crippen molar-refractivity contribution in [2.24, 2.45) is 5.84 Å². The smallest absolute Gasteiger partial charge is 0.240 e. The summed E-state index contributed by atoms with van der Waals surface area (Å²) in [6, 6.07) is 14.8. The number of thiazole rings is 1. The van der Waals surface area contributed by atoms with Gasteiger partial charge in [0.2, 0.25) is 5.95 Å². The van der Waals surface area contributed by atoms with Gasteiger partial charge < -0.3 is 4.90 Å². The first-order valence-electron chi connectivity index (χ1n) is 11.4. The Kier molecular flexibility index (Phi) is 8.00. The highest BCUT2D eigenvalue weighted by Crippen LogP contribution is 2.34. The molecule has 3 heterocycles. The average molecular weight is 509 g/mol. The highest BCUT2D eigenvalue weighted by atomic mass is 32.1. The van der Waals surface area contributed by atoms with E-state index in [4.69, 9.17) is 11.1 Å². The molecule has 5 rings (SSSR count). The van der Waals surface area contributed by atoms with Gasteiger partial charge in [-0.05, 0) is 42.3 Å². The molecule has 11 heteroatoms. The summed E-state index contributed by atoms with van der Waals surface area (Å²) >= 11 is 1.44. The minimum Gasteiger partial charge on any atom is -0.349 e. The minimum atomic E-state index is -0.282. The average Bonchev–Trinajstić information content (AvgIpc) is 3.35. The topological polar surface area (TPSA) is 107 Å². The van der Waals surface area contributed by atoms with Gasteiger partial charge in [0.15, 0.2) is 10.6 Å². The molecule has 0 spiro atoms. The number of piperazine rings is 1. The Morgan fingerprint density at radius 1 is 1.06 bits per heavy atom.